The number of carboxylic acid groups (broad SMARTS) is 1. The highest BCUT2D eigenvalue weighted by Gasteiger charge is 2.16. The monoisotopic (exact) mass is 284 g/mol. The van der Waals surface area contributed by atoms with Crippen LogP contribution < -0.4 is 11.1 Å². The summed E-state index contributed by atoms with van der Waals surface area (Å²) in [4.78, 5) is 22.7. The van der Waals surface area contributed by atoms with E-state index in [0.29, 0.717) is 22.7 Å². The van der Waals surface area contributed by atoms with Crippen LogP contribution in [0.15, 0.2) is 18.2 Å². The third-order valence-electron chi connectivity index (χ3n) is 2.65. The molecule has 19 heavy (non-hydrogen) atoms. The number of carboxylic acids is 1. The summed E-state index contributed by atoms with van der Waals surface area (Å²) in [5.74, 6) is -1.28. The van der Waals surface area contributed by atoms with Gasteiger partial charge in [0.15, 0.2) is 0 Å². The van der Waals surface area contributed by atoms with Gasteiger partial charge in [0.25, 0.3) is 5.91 Å². The minimum absolute atomic E-state index is 0.0946. The van der Waals surface area contributed by atoms with Crippen LogP contribution in [-0.4, -0.2) is 23.0 Å². The van der Waals surface area contributed by atoms with E-state index >= 15 is 0 Å². The molecule has 6 heteroatoms. The maximum Gasteiger partial charge on any atom is 0.305 e. The van der Waals surface area contributed by atoms with Gasteiger partial charge in [-0.15, -0.1) is 0 Å². The lowest BCUT2D eigenvalue weighted by Crippen LogP contribution is -2.36. The average Bonchev–Trinajstić information content (AvgIpc) is 2.32. The Bertz CT molecular complexity index is 477. The Labute approximate surface area is 116 Å². The first kappa shape index (κ1) is 15.3. The van der Waals surface area contributed by atoms with Crippen LogP contribution in [0.3, 0.4) is 0 Å². The lowest BCUT2D eigenvalue weighted by Gasteiger charge is -2.16. The first-order valence-corrected chi connectivity index (χ1v) is 6.39. The molecule has 1 aromatic rings. The minimum Gasteiger partial charge on any atom is -0.481 e. The molecule has 104 valence electrons. The third-order valence-corrected chi connectivity index (χ3v) is 3.00. The van der Waals surface area contributed by atoms with Crippen LogP contribution >= 0.6 is 11.6 Å². The topological polar surface area (TPSA) is 92.4 Å². The van der Waals surface area contributed by atoms with Crippen molar-refractivity contribution in [2.45, 2.75) is 32.2 Å². The lowest BCUT2D eigenvalue weighted by molar-refractivity contribution is -0.137. The number of halogens is 1. The number of rotatable bonds is 6. The van der Waals surface area contributed by atoms with Gasteiger partial charge in [-0.2, -0.15) is 0 Å². The van der Waals surface area contributed by atoms with Gasteiger partial charge in [-0.3, -0.25) is 9.59 Å². The molecule has 1 unspecified atom stereocenters. The van der Waals surface area contributed by atoms with Gasteiger partial charge in [-0.1, -0.05) is 24.9 Å². The molecule has 0 aliphatic heterocycles. The SMILES string of the molecule is CCCC(CC(=O)O)NC(=O)c1ccc(Cl)c(N)c1. The van der Waals surface area contributed by atoms with Crippen LogP contribution in [0.1, 0.15) is 36.5 Å². The van der Waals surface area contributed by atoms with Crippen molar-refractivity contribution < 1.29 is 14.7 Å². The first-order chi connectivity index (χ1) is 8.93. The number of hydrogen-bond donors (Lipinski definition) is 3. The van der Waals surface area contributed by atoms with Crippen molar-refractivity contribution in [3.05, 3.63) is 28.8 Å². The molecule has 1 amide bonds. The molecule has 1 rings (SSSR count). The van der Waals surface area contributed by atoms with E-state index in [-0.39, 0.29) is 18.4 Å². The Morgan fingerprint density at radius 2 is 2.16 bits per heavy atom. The smallest absolute Gasteiger partial charge is 0.305 e. The summed E-state index contributed by atoms with van der Waals surface area (Å²) in [6.07, 6.45) is 1.31. The Kier molecular flexibility index (Phi) is 5.63. The van der Waals surface area contributed by atoms with Crippen molar-refractivity contribution in [2.24, 2.45) is 0 Å². The molecule has 5 nitrogen and oxygen atoms in total. The highest BCUT2D eigenvalue weighted by molar-refractivity contribution is 6.33. The molecule has 0 aromatic heterocycles. The van der Waals surface area contributed by atoms with Gasteiger partial charge in [0.05, 0.1) is 17.1 Å². The number of benzene rings is 1. The van der Waals surface area contributed by atoms with Crippen LogP contribution in [0.25, 0.3) is 0 Å². The van der Waals surface area contributed by atoms with E-state index in [1.165, 1.54) is 12.1 Å². The summed E-state index contributed by atoms with van der Waals surface area (Å²) in [5, 5.41) is 11.9. The number of carbonyl (C=O) groups excluding carboxylic acids is 1. The number of nitrogens with one attached hydrogen (secondary N) is 1. The number of aliphatic carboxylic acids is 1. The zero-order chi connectivity index (χ0) is 14.4. The second kappa shape index (κ2) is 6.99. The fraction of sp³-hybridized carbons (Fsp3) is 0.385. The number of nitrogens with two attached hydrogens (primary N) is 1. The van der Waals surface area contributed by atoms with Crippen LogP contribution in [0.4, 0.5) is 5.69 Å². The largest absolute Gasteiger partial charge is 0.481 e. The maximum atomic E-state index is 12.0. The summed E-state index contributed by atoms with van der Waals surface area (Å²) in [6.45, 7) is 1.93. The summed E-state index contributed by atoms with van der Waals surface area (Å²) in [5.41, 5.74) is 6.31. The standard InChI is InChI=1S/C13H17ClN2O3/c1-2-3-9(7-12(17)18)16-13(19)8-4-5-10(14)11(15)6-8/h4-6,9H,2-3,7,15H2,1H3,(H,16,19)(H,17,18). The molecule has 0 bridgehead atoms. The van der Waals surface area contributed by atoms with Crippen LogP contribution in [-0.2, 0) is 4.79 Å². The van der Waals surface area contributed by atoms with E-state index in [4.69, 9.17) is 22.4 Å². The van der Waals surface area contributed by atoms with E-state index < -0.39 is 5.97 Å². The Balaban J connectivity index is 2.75. The molecule has 1 aromatic carbocycles. The summed E-state index contributed by atoms with van der Waals surface area (Å²) >= 11 is 5.78. The van der Waals surface area contributed by atoms with Crippen molar-refractivity contribution >= 4 is 29.2 Å². The van der Waals surface area contributed by atoms with Crippen LogP contribution in [0.2, 0.25) is 5.02 Å². The van der Waals surface area contributed by atoms with Gasteiger partial charge in [0.1, 0.15) is 0 Å². The van der Waals surface area contributed by atoms with Gasteiger partial charge in [-0.05, 0) is 24.6 Å². The molecule has 1 atom stereocenters. The highest BCUT2D eigenvalue weighted by atomic mass is 35.5. The van der Waals surface area contributed by atoms with E-state index in [1.54, 1.807) is 6.07 Å². The fourth-order valence-corrected chi connectivity index (χ4v) is 1.86. The molecule has 0 fully saturated rings. The second-order valence-corrected chi connectivity index (χ2v) is 4.70. The molecule has 4 N–H and O–H groups in total. The van der Waals surface area contributed by atoms with Crippen molar-refractivity contribution in [2.75, 3.05) is 5.73 Å². The lowest BCUT2D eigenvalue weighted by atomic mass is 10.1. The van der Waals surface area contributed by atoms with E-state index in [9.17, 15) is 9.59 Å². The Morgan fingerprint density at radius 1 is 1.47 bits per heavy atom. The quantitative estimate of drug-likeness (QED) is 0.699. The van der Waals surface area contributed by atoms with Gasteiger partial charge in [0, 0.05) is 11.6 Å². The van der Waals surface area contributed by atoms with E-state index in [2.05, 4.69) is 5.32 Å². The molecular weight excluding hydrogens is 268 g/mol. The summed E-state index contributed by atoms with van der Waals surface area (Å²) < 4.78 is 0. The molecule has 0 radical (unpaired) electrons. The second-order valence-electron chi connectivity index (χ2n) is 4.29. The van der Waals surface area contributed by atoms with Gasteiger partial charge >= 0.3 is 5.97 Å². The number of hydrogen-bond acceptors (Lipinski definition) is 3. The van der Waals surface area contributed by atoms with Gasteiger partial charge in [0.2, 0.25) is 0 Å². The number of amides is 1. The maximum absolute atomic E-state index is 12.0. The molecular formula is C13H17ClN2O3. The zero-order valence-electron chi connectivity index (χ0n) is 10.6. The number of carbonyl (C=O) groups is 2. The molecule has 0 aliphatic carbocycles. The van der Waals surface area contributed by atoms with Crippen molar-refractivity contribution in [1.29, 1.82) is 0 Å². The average molecular weight is 285 g/mol. The third kappa shape index (κ3) is 4.79. The molecule has 0 saturated carbocycles. The zero-order valence-corrected chi connectivity index (χ0v) is 11.4. The fourth-order valence-electron chi connectivity index (χ4n) is 1.74. The van der Waals surface area contributed by atoms with Gasteiger partial charge < -0.3 is 16.2 Å². The predicted octanol–water partition coefficient (Wildman–Crippen LogP) is 2.30. The summed E-state index contributed by atoms with van der Waals surface area (Å²) in [7, 11) is 0. The predicted molar refractivity (Wildman–Crippen MR) is 74.3 cm³/mol. The normalized spacial score (nSPS) is 11.9. The minimum atomic E-state index is -0.936. The number of nitrogen functional groups attached to an aromatic ring is 1. The first-order valence-electron chi connectivity index (χ1n) is 6.01. The molecule has 0 aliphatic rings. The van der Waals surface area contributed by atoms with Crippen molar-refractivity contribution in [1.82, 2.24) is 5.32 Å². The van der Waals surface area contributed by atoms with Crippen LogP contribution in [0, 0.1) is 0 Å². The Hall–Kier alpha value is -1.75. The summed E-state index contributed by atoms with van der Waals surface area (Å²) in [6, 6.07) is 4.18. The molecule has 0 saturated heterocycles. The molecule has 0 heterocycles. The highest BCUT2D eigenvalue weighted by Crippen LogP contribution is 2.19. The Morgan fingerprint density at radius 3 is 2.68 bits per heavy atom. The van der Waals surface area contributed by atoms with Crippen molar-refractivity contribution in [3.8, 4) is 0 Å². The molecule has 0 spiro atoms. The van der Waals surface area contributed by atoms with E-state index in [0.717, 1.165) is 6.42 Å². The number of anilines is 1. The van der Waals surface area contributed by atoms with Crippen molar-refractivity contribution in [3.63, 3.8) is 0 Å². The van der Waals surface area contributed by atoms with Gasteiger partial charge in [-0.25, -0.2) is 0 Å². The van der Waals surface area contributed by atoms with E-state index in [1.807, 2.05) is 6.92 Å². The van der Waals surface area contributed by atoms with Crippen LogP contribution in [0.5, 0.6) is 0 Å².